The number of aldehydes is 1. The van der Waals surface area contributed by atoms with E-state index in [2.05, 4.69) is 15.8 Å². The van der Waals surface area contributed by atoms with Crippen molar-refractivity contribution in [3.8, 4) is 0 Å². The number of aromatic nitrogens is 1. The molecule has 0 radical (unpaired) electrons. The monoisotopic (exact) mass is 333 g/mol. The molecule has 0 aliphatic rings. The third kappa shape index (κ3) is 4.73. The molecule has 0 spiro atoms. The Morgan fingerprint density at radius 2 is 2.04 bits per heavy atom. The van der Waals surface area contributed by atoms with E-state index in [4.69, 9.17) is 4.52 Å². The molecule has 7 nitrogen and oxygen atoms in total. The predicted molar refractivity (Wildman–Crippen MR) is 81.7 cm³/mol. The van der Waals surface area contributed by atoms with Gasteiger partial charge in [0.25, 0.3) is 5.91 Å². The van der Waals surface area contributed by atoms with Crippen LogP contribution in [0.5, 0.6) is 0 Å². The van der Waals surface area contributed by atoms with Gasteiger partial charge in [-0.15, -0.1) is 0 Å². The normalized spacial score (nSPS) is 11.6. The van der Waals surface area contributed by atoms with Crippen molar-refractivity contribution < 1.29 is 23.3 Å². The van der Waals surface area contributed by atoms with Gasteiger partial charge in [-0.3, -0.25) is 9.59 Å². The molecular formula is C16H16FN3O4. The first-order chi connectivity index (χ1) is 11.5. The van der Waals surface area contributed by atoms with Gasteiger partial charge in [0, 0.05) is 12.5 Å². The summed E-state index contributed by atoms with van der Waals surface area (Å²) in [6.07, 6.45) is 0.670. The zero-order chi connectivity index (χ0) is 17.5. The number of hydrogen-bond acceptors (Lipinski definition) is 5. The lowest BCUT2D eigenvalue weighted by molar-refractivity contribution is -0.124. The molecule has 0 aliphatic carbocycles. The predicted octanol–water partition coefficient (Wildman–Crippen LogP) is 0.778. The van der Waals surface area contributed by atoms with Gasteiger partial charge in [0.05, 0.1) is 6.54 Å². The quantitative estimate of drug-likeness (QED) is 0.729. The Morgan fingerprint density at radius 1 is 1.33 bits per heavy atom. The molecule has 0 aliphatic heterocycles. The molecule has 24 heavy (non-hydrogen) atoms. The summed E-state index contributed by atoms with van der Waals surface area (Å²) in [5, 5.41) is 8.51. The highest BCUT2D eigenvalue weighted by Gasteiger charge is 2.23. The van der Waals surface area contributed by atoms with Crippen molar-refractivity contribution in [2.75, 3.05) is 6.54 Å². The van der Waals surface area contributed by atoms with Gasteiger partial charge >= 0.3 is 0 Å². The van der Waals surface area contributed by atoms with Gasteiger partial charge in [-0.25, -0.2) is 4.39 Å². The molecule has 2 amide bonds. The zero-order valence-electron chi connectivity index (χ0n) is 12.9. The number of nitrogens with zero attached hydrogens (tertiary/aromatic N) is 1. The Bertz CT molecular complexity index is 727. The fourth-order valence-electron chi connectivity index (χ4n) is 2.04. The van der Waals surface area contributed by atoms with Crippen molar-refractivity contribution in [3.63, 3.8) is 0 Å². The maximum atomic E-state index is 13.0. The lowest BCUT2D eigenvalue weighted by atomic mass is 10.0. The van der Waals surface area contributed by atoms with Crippen LogP contribution < -0.4 is 10.6 Å². The van der Waals surface area contributed by atoms with Crippen LogP contribution in [-0.4, -0.2) is 35.8 Å². The molecule has 8 heteroatoms. The number of nitrogens with one attached hydrogen (secondary N) is 2. The highest BCUT2D eigenvalue weighted by molar-refractivity contribution is 5.96. The van der Waals surface area contributed by atoms with Crippen LogP contribution in [0.25, 0.3) is 0 Å². The highest BCUT2D eigenvalue weighted by Crippen LogP contribution is 2.08. The standard InChI is InChI=1S/C16H16FN3O4/c1-10-8-14(20-24-10)16(23)19-13(15(22)18-6-7-21)9-11-2-4-12(17)5-3-11/h2-5,7-8,13H,6,9H2,1H3,(H,18,22)(H,19,23). The number of halogens is 1. The number of carbonyl (C=O) groups is 3. The van der Waals surface area contributed by atoms with Crippen LogP contribution in [0.3, 0.4) is 0 Å². The molecule has 2 rings (SSSR count). The summed E-state index contributed by atoms with van der Waals surface area (Å²) < 4.78 is 17.8. The smallest absolute Gasteiger partial charge is 0.274 e. The molecule has 2 aromatic rings. The number of benzene rings is 1. The average Bonchev–Trinajstić information content (AvgIpc) is 3.00. The highest BCUT2D eigenvalue weighted by atomic mass is 19.1. The summed E-state index contributed by atoms with van der Waals surface area (Å²) in [5.41, 5.74) is 0.694. The SMILES string of the molecule is Cc1cc(C(=O)NC(Cc2ccc(F)cc2)C(=O)NCC=O)no1. The fourth-order valence-corrected chi connectivity index (χ4v) is 2.04. The van der Waals surface area contributed by atoms with E-state index in [1.807, 2.05) is 0 Å². The largest absolute Gasteiger partial charge is 0.361 e. The molecule has 0 saturated carbocycles. The van der Waals surface area contributed by atoms with Crippen LogP contribution in [0.1, 0.15) is 21.8 Å². The lowest BCUT2D eigenvalue weighted by Crippen LogP contribution is -2.48. The van der Waals surface area contributed by atoms with Crippen molar-refractivity contribution in [2.45, 2.75) is 19.4 Å². The summed E-state index contributed by atoms with van der Waals surface area (Å²) in [6, 6.07) is 6.05. The number of rotatable bonds is 7. The second-order valence-corrected chi connectivity index (χ2v) is 5.09. The third-order valence-corrected chi connectivity index (χ3v) is 3.20. The molecule has 1 atom stereocenters. The molecule has 2 N–H and O–H groups in total. The summed E-state index contributed by atoms with van der Waals surface area (Å²) in [6.45, 7) is 1.47. The number of amides is 2. The van der Waals surface area contributed by atoms with Gasteiger partial charge in [-0.1, -0.05) is 17.3 Å². The summed E-state index contributed by atoms with van der Waals surface area (Å²) >= 11 is 0. The Labute approximate surface area is 137 Å². The second-order valence-electron chi connectivity index (χ2n) is 5.09. The molecule has 126 valence electrons. The van der Waals surface area contributed by atoms with Gasteiger partial charge in [0.15, 0.2) is 5.69 Å². The number of aryl methyl sites for hydroxylation is 1. The van der Waals surface area contributed by atoms with E-state index in [9.17, 15) is 18.8 Å². The molecule has 0 saturated heterocycles. The number of carbonyl (C=O) groups excluding carboxylic acids is 3. The van der Waals surface area contributed by atoms with Crippen molar-refractivity contribution in [2.24, 2.45) is 0 Å². The van der Waals surface area contributed by atoms with Gasteiger partial charge < -0.3 is 20.0 Å². The molecule has 0 fully saturated rings. The minimum atomic E-state index is -0.945. The topological polar surface area (TPSA) is 101 Å². The first-order valence-electron chi connectivity index (χ1n) is 7.19. The molecule has 1 aromatic heterocycles. The van der Waals surface area contributed by atoms with Crippen molar-refractivity contribution in [3.05, 3.63) is 53.2 Å². The lowest BCUT2D eigenvalue weighted by Gasteiger charge is -2.17. The van der Waals surface area contributed by atoms with E-state index in [-0.39, 0.29) is 18.7 Å². The molecule has 1 heterocycles. The Kier molecular flexibility index (Phi) is 5.78. The van der Waals surface area contributed by atoms with Crippen LogP contribution in [0.4, 0.5) is 4.39 Å². The maximum Gasteiger partial charge on any atom is 0.274 e. The third-order valence-electron chi connectivity index (χ3n) is 3.20. The first-order valence-corrected chi connectivity index (χ1v) is 7.19. The van der Waals surface area contributed by atoms with E-state index in [0.29, 0.717) is 17.6 Å². The minimum absolute atomic E-state index is 0.0415. The van der Waals surface area contributed by atoms with Crippen LogP contribution >= 0.6 is 0 Å². The second kappa shape index (κ2) is 8.00. The van der Waals surface area contributed by atoms with E-state index in [1.165, 1.54) is 30.3 Å². The first kappa shape index (κ1) is 17.3. The molecule has 1 aromatic carbocycles. The van der Waals surface area contributed by atoms with E-state index >= 15 is 0 Å². The summed E-state index contributed by atoms with van der Waals surface area (Å²) in [4.78, 5) is 34.7. The van der Waals surface area contributed by atoms with E-state index in [0.717, 1.165) is 0 Å². The average molecular weight is 333 g/mol. The maximum absolute atomic E-state index is 13.0. The van der Waals surface area contributed by atoms with Crippen molar-refractivity contribution in [1.82, 2.24) is 15.8 Å². The van der Waals surface area contributed by atoms with Gasteiger partial charge in [-0.2, -0.15) is 0 Å². The van der Waals surface area contributed by atoms with Crippen LogP contribution in [0, 0.1) is 12.7 Å². The molecule has 1 unspecified atom stereocenters. The van der Waals surface area contributed by atoms with Crippen LogP contribution in [0.2, 0.25) is 0 Å². The number of hydrogen-bond donors (Lipinski definition) is 2. The summed E-state index contributed by atoms with van der Waals surface area (Å²) in [7, 11) is 0. The van der Waals surface area contributed by atoms with Crippen molar-refractivity contribution >= 4 is 18.1 Å². The van der Waals surface area contributed by atoms with E-state index in [1.54, 1.807) is 6.92 Å². The molecule has 0 bridgehead atoms. The van der Waals surface area contributed by atoms with Gasteiger partial charge in [0.2, 0.25) is 5.91 Å². The van der Waals surface area contributed by atoms with Crippen molar-refractivity contribution in [1.29, 1.82) is 0 Å². The molecular weight excluding hydrogens is 317 g/mol. The van der Waals surface area contributed by atoms with E-state index < -0.39 is 23.7 Å². The van der Waals surface area contributed by atoms with Crippen LogP contribution in [-0.2, 0) is 16.0 Å². The zero-order valence-corrected chi connectivity index (χ0v) is 12.9. The minimum Gasteiger partial charge on any atom is -0.361 e. The Hall–Kier alpha value is -3.03. The summed E-state index contributed by atoms with van der Waals surface area (Å²) in [5.74, 6) is -1.05. The van der Waals surface area contributed by atoms with Gasteiger partial charge in [-0.05, 0) is 24.6 Å². The Morgan fingerprint density at radius 3 is 2.62 bits per heavy atom. The fraction of sp³-hybridized carbons (Fsp3) is 0.250. The Balaban J connectivity index is 2.12. The van der Waals surface area contributed by atoms with Crippen LogP contribution in [0.15, 0.2) is 34.9 Å². The van der Waals surface area contributed by atoms with Gasteiger partial charge in [0.1, 0.15) is 23.9 Å².